The van der Waals surface area contributed by atoms with E-state index < -0.39 is 0 Å². The number of ether oxygens (including phenoxy) is 1. The third-order valence-electron chi connectivity index (χ3n) is 4.79. The molecule has 0 bridgehead atoms. The van der Waals surface area contributed by atoms with Crippen molar-refractivity contribution >= 4 is 11.6 Å². The van der Waals surface area contributed by atoms with Crippen molar-refractivity contribution in [1.29, 1.82) is 0 Å². The number of pyridine rings is 1. The first kappa shape index (κ1) is 16.5. The predicted molar refractivity (Wildman–Crippen MR) is 97.2 cm³/mol. The lowest BCUT2D eigenvalue weighted by Crippen LogP contribution is -2.34. The third kappa shape index (κ3) is 3.00. The van der Waals surface area contributed by atoms with Gasteiger partial charge in [0.05, 0.1) is 18.5 Å². The van der Waals surface area contributed by atoms with Gasteiger partial charge in [0.25, 0.3) is 5.91 Å². The summed E-state index contributed by atoms with van der Waals surface area (Å²) in [5.74, 6) is 0.917. The van der Waals surface area contributed by atoms with E-state index in [2.05, 4.69) is 20.3 Å². The Bertz CT molecular complexity index is 977. The lowest BCUT2D eigenvalue weighted by Gasteiger charge is -2.12. The first-order valence-electron chi connectivity index (χ1n) is 8.74. The Morgan fingerprint density at radius 3 is 2.85 bits per heavy atom. The van der Waals surface area contributed by atoms with Crippen LogP contribution in [0.25, 0.3) is 17.0 Å². The second kappa shape index (κ2) is 6.40. The van der Waals surface area contributed by atoms with Crippen LogP contribution in [0.2, 0.25) is 0 Å². The Morgan fingerprint density at radius 1 is 1.31 bits per heavy atom. The second-order valence-electron chi connectivity index (χ2n) is 6.73. The fraction of sp³-hybridized carbons (Fsp3) is 0.368. The molecule has 3 aromatic rings. The van der Waals surface area contributed by atoms with Gasteiger partial charge in [0, 0.05) is 17.8 Å². The number of aryl methyl sites for hydroxylation is 1. The zero-order valence-corrected chi connectivity index (χ0v) is 15.1. The molecule has 0 spiro atoms. The smallest absolute Gasteiger partial charge is 0.274 e. The molecule has 1 unspecified atom stereocenters. The Morgan fingerprint density at radius 2 is 2.12 bits per heavy atom. The number of nitrogens with zero attached hydrogens (tertiary/aromatic N) is 4. The number of carbonyl (C=O) groups excluding carboxylic acids is 1. The summed E-state index contributed by atoms with van der Waals surface area (Å²) in [4.78, 5) is 26.0. The minimum atomic E-state index is -0.186. The van der Waals surface area contributed by atoms with Gasteiger partial charge in [-0.3, -0.25) is 9.20 Å². The van der Waals surface area contributed by atoms with E-state index in [4.69, 9.17) is 4.74 Å². The summed E-state index contributed by atoms with van der Waals surface area (Å²) in [6, 6.07) is 7.59. The molecule has 1 fully saturated rings. The Kier molecular flexibility index (Phi) is 4.06. The van der Waals surface area contributed by atoms with Gasteiger partial charge < -0.3 is 10.1 Å². The monoisotopic (exact) mass is 351 g/mol. The average Bonchev–Trinajstić information content (AvgIpc) is 3.41. The highest BCUT2D eigenvalue weighted by molar-refractivity contribution is 5.98. The van der Waals surface area contributed by atoms with Gasteiger partial charge in [0.1, 0.15) is 6.33 Å². The third-order valence-corrected chi connectivity index (χ3v) is 4.79. The number of amides is 1. The number of nitrogens with one attached hydrogen (secondary N) is 1. The largest absolute Gasteiger partial charge is 0.481 e. The van der Waals surface area contributed by atoms with E-state index in [0.717, 1.165) is 5.69 Å². The van der Waals surface area contributed by atoms with Gasteiger partial charge in [-0.1, -0.05) is 6.07 Å². The summed E-state index contributed by atoms with van der Waals surface area (Å²) in [6.45, 7) is 3.99. The Labute approximate surface area is 151 Å². The van der Waals surface area contributed by atoms with Crippen LogP contribution in [0.5, 0.6) is 5.88 Å². The summed E-state index contributed by atoms with van der Waals surface area (Å²) in [5.41, 5.74) is 3.17. The maximum absolute atomic E-state index is 12.7. The van der Waals surface area contributed by atoms with Crippen LogP contribution in [0.3, 0.4) is 0 Å². The van der Waals surface area contributed by atoms with Gasteiger partial charge in [-0.25, -0.2) is 15.0 Å². The number of fused-ring (bicyclic) bond motifs is 1. The maximum atomic E-state index is 12.7. The molecule has 0 radical (unpaired) electrons. The van der Waals surface area contributed by atoms with Crippen molar-refractivity contribution in [1.82, 2.24) is 24.7 Å². The quantitative estimate of drug-likeness (QED) is 0.764. The molecule has 3 heterocycles. The van der Waals surface area contributed by atoms with Crippen LogP contribution in [0, 0.1) is 12.8 Å². The van der Waals surface area contributed by atoms with E-state index in [1.54, 1.807) is 19.5 Å². The van der Waals surface area contributed by atoms with Crippen LogP contribution in [-0.2, 0) is 0 Å². The molecular formula is C19H21N5O2. The van der Waals surface area contributed by atoms with E-state index in [1.165, 1.54) is 12.8 Å². The van der Waals surface area contributed by atoms with Crippen LogP contribution < -0.4 is 10.1 Å². The van der Waals surface area contributed by atoms with Gasteiger partial charge in [-0.15, -0.1) is 0 Å². The molecule has 0 saturated heterocycles. The Balaban J connectivity index is 1.73. The zero-order valence-electron chi connectivity index (χ0n) is 15.1. The minimum absolute atomic E-state index is 0.156. The van der Waals surface area contributed by atoms with Crippen LogP contribution in [0.15, 0.2) is 30.6 Å². The van der Waals surface area contributed by atoms with Crippen molar-refractivity contribution in [2.75, 3.05) is 7.11 Å². The summed E-state index contributed by atoms with van der Waals surface area (Å²) in [7, 11) is 1.58. The standard InChI is InChI=1S/C19H21N5O2/c1-11-9-15(14-5-4-6-16(22-14)26-3)23-18-17(20-10-24(11)18)19(25)21-12(2)13-7-8-13/h4-6,9-10,12-13H,7-8H2,1-3H3,(H,21,25). The fourth-order valence-electron chi connectivity index (χ4n) is 3.07. The lowest BCUT2D eigenvalue weighted by molar-refractivity contribution is 0.0933. The molecule has 1 amide bonds. The summed E-state index contributed by atoms with van der Waals surface area (Å²) >= 11 is 0. The van der Waals surface area contributed by atoms with E-state index >= 15 is 0 Å². The number of methoxy groups -OCH3 is 1. The molecule has 1 aliphatic rings. The molecule has 26 heavy (non-hydrogen) atoms. The lowest BCUT2D eigenvalue weighted by atomic mass is 10.2. The van der Waals surface area contributed by atoms with Crippen LogP contribution >= 0.6 is 0 Å². The van der Waals surface area contributed by atoms with Crippen molar-refractivity contribution in [3.8, 4) is 17.3 Å². The van der Waals surface area contributed by atoms with Gasteiger partial charge in [-0.2, -0.15) is 0 Å². The zero-order chi connectivity index (χ0) is 18.3. The molecule has 3 aromatic heterocycles. The van der Waals surface area contributed by atoms with E-state index in [-0.39, 0.29) is 11.9 Å². The van der Waals surface area contributed by atoms with Crippen molar-refractivity contribution in [2.24, 2.45) is 5.92 Å². The van der Waals surface area contributed by atoms with Gasteiger partial charge >= 0.3 is 0 Å². The molecule has 0 aromatic carbocycles. The first-order valence-corrected chi connectivity index (χ1v) is 8.74. The SMILES string of the molecule is COc1cccc(-c2cc(C)n3cnc(C(=O)NC(C)C4CC4)c3n2)n1. The van der Waals surface area contributed by atoms with E-state index in [1.807, 2.05) is 36.4 Å². The van der Waals surface area contributed by atoms with Crippen LogP contribution in [0.1, 0.15) is 35.9 Å². The highest BCUT2D eigenvalue weighted by atomic mass is 16.5. The molecule has 134 valence electrons. The molecule has 7 nitrogen and oxygen atoms in total. The molecule has 1 aliphatic carbocycles. The number of imidazole rings is 1. The molecule has 1 saturated carbocycles. The number of carbonyl (C=O) groups is 1. The van der Waals surface area contributed by atoms with Crippen LogP contribution in [0.4, 0.5) is 0 Å². The average molecular weight is 351 g/mol. The number of aromatic nitrogens is 4. The highest BCUT2D eigenvalue weighted by Crippen LogP contribution is 2.32. The van der Waals surface area contributed by atoms with Gasteiger partial charge in [0.15, 0.2) is 11.3 Å². The summed E-state index contributed by atoms with van der Waals surface area (Å²) in [6.07, 6.45) is 3.99. The van der Waals surface area contributed by atoms with Crippen molar-refractivity contribution in [3.05, 3.63) is 42.0 Å². The molecule has 1 atom stereocenters. The highest BCUT2D eigenvalue weighted by Gasteiger charge is 2.30. The predicted octanol–water partition coefficient (Wildman–Crippen LogP) is 2.64. The second-order valence-corrected chi connectivity index (χ2v) is 6.73. The minimum Gasteiger partial charge on any atom is -0.481 e. The molecule has 1 N–H and O–H groups in total. The van der Waals surface area contributed by atoms with Gasteiger partial charge in [-0.05, 0) is 44.7 Å². The van der Waals surface area contributed by atoms with Crippen molar-refractivity contribution in [2.45, 2.75) is 32.7 Å². The van der Waals surface area contributed by atoms with Crippen molar-refractivity contribution in [3.63, 3.8) is 0 Å². The normalized spacial score (nSPS) is 15.0. The molecule has 7 heteroatoms. The topological polar surface area (TPSA) is 81.4 Å². The van der Waals surface area contributed by atoms with Crippen LogP contribution in [-0.4, -0.2) is 38.4 Å². The van der Waals surface area contributed by atoms with E-state index in [0.29, 0.717) is 34.5 Å². The van der Waals surface area contributed by atoms with Gasteiger partial charge in [0.2, 0.25) is 5.88 Å². The first-order chi connectivity index (χ1) is 12.6. The number of hydrogen-bond acceptors (Lipinski definition) is 5. The summed E-state index contributed by atoms with van der Waals surface area (Å²) in [5, 5.41) is 3.04. The molecule has 4 rings (SSSR count). The summed E-state index contributed by atoms with van der Waals surface area (Å²) < 4.78 is 7.01. The molecule has 0 aliphatic heterocycles. The maximum Gasteiger partial charge on any atom is 0.274 e. The van der Waals surface area contributed by atoms with E-state index in [9.17, 15) is 4.79 Å². The number of rotatable bonds is 5. The number of hydrogen-bond donors (Lipinski definition) is 1. The van der Waals surface area contributed by atoms with Crippen molar-refractivity contribution < 1.29 is 9.53 Å². The Hall–Kier alpha value is -2.96. The molecular weight excluding hydrogens is 330 g/mol. The fourth-order valence-corrected chi connectivity index (χ4v) is 3.07.